The summed E-state index contributed by atoms with van der Waals surface area (Å²) in [7, 11) is 0. The second-order valence-corrected chi connectivity index (χ2v) is 6.07. The molecule has 0 spiro atoms. The Kier molecular flexibility index (Phi) is 3.66. The highest BCUT2D eigenvalue weighted by Crippen LogP contribution is 2.43. The molecule has 0 bridgehead atoms. The zero-order valence-electron chi connectivity index (χ0n) is 12.8. The van der Waals surface area contributed by atoms with E-state index in [9.17, 15) is 14.5 Å². The molecule has 3 aromatic rings. The molecule has 4 nitrogen and oxygen atoms in total. The molecular formula is C19H11ClFNO3. The molecular weight excluding hydrogens is 345 g/mol. The minimum Gasteiger partial charge on any atom is -0.474 e. The van der Waals surface area contributed by atoms with Crippen molar-refractivity contribution in [2.75, 3.05) is 0 Å². The summed E-state index contributed by atoms with van der Waals surface area (Å²) in [5.41, 5.74) is 0.315. The van der Waals surface area contributed by atoms with E-state index in [2.05, 4.69) is 0 Å². The standard InChI is InChI=1S/C19H11ClFNO3/c20-14-6-3-7-15(21)18(14)19-16(22(23)24)10-13-12-5-2-1-4-11(12)8-9-17(13)25-19/h1-10,19H/t19-/m1/s1. The smallest absolute Gasteiger partial charge is 0.291 e. The molecule has 4 rings (SSSR count). The van der Waals surface area contributed by atoms with Gasteiger partial charge in [-0.2, -0.15) is 0 Å². The zero-order valence-corrected chi connectivity index (χ0v) is 13.5. The molecule has 0 saturated heterocycles. The van der Waals surface area contributed by atoms with Gasteiger partial charge in [-0.1, -0.05) is 48.0 Å². The summed E-state index contributed by atoms with van der Waals surface area (Å²) in [6.07, 6.45) is 0.228. The summed E-state index contributed by atoms with van der Waals surface area (Å²) in [6.45, 7) is 0. The Balaban J connectivity index is 1.96. The van der Waals surface area contributed by atoms with Gasteiger partial charge in [0, 0.05) is 11.6 Å². The lowest BCUT2D eigenvalue weighted by Gasteiger charge is -2.24. The van der Waals surface area contributed by atoms with E-state index in [4.69, 9.17) is 16.3 Å². The molecule has 1 heterocycles. The summed E-state index contributed by atoms with van der Waals surface area (Å²) in [4.78, 5) is 11.0. The first kappa shape index (κ1) is 15.6. The van der Waals surface area contributed by atoms with Crippen molar-refractivity contribution in [3.63, 3.8) is 0 Å². The van der Waals surface area contributed by atoms with Crippen LogP contribution in [0.2, 0.25) is 5.02 Å². The van der Waals surface area contributed by atoms with Crippen LogP contribution >= 0.6 is 11.6 Å². The molecule has 1 aliphatic heterocycles. The Morgan fingerprint density at radius 3 is 2.64 bits per heavy atom. The molecule has 6 heteroatoms. The molecule has 0 aliphatic carbocycles. The lowest BCUT2D eigenvalue weighted by molar-refractivity contribution is -0.434. The Morgan fingerprint density at radius 1 is 1.08 bits per heavy atom. The van der Waals surface area contributed by atoms with Gasteiger partial charge in [0.2, 0.25) is 6.10 Å². The van der Waals surface area contributed by atoms with Crippen LogP contribution in [0.1, 0.15) is 17.2 Å². The molecule has 1 aliphatic rings. The average molecular weight is 356 g/mol. The third-order valence-corrected chi connectivity index (χ3v) is 4.54. The van der Waals surface area contributed by atoms with Crippen molar-refractivity contribution in [2.45, 2.75) is 6.10 Å². The van der Waals surface area contributed by atoms with Gasteiger partial charge in [0.15, 0.2) is 0 Å². The van der Waals surface area contributed by atoms with E-state index in [1.807, 2.05) is 30.3 Å². The lowest BCUT2D eigenvalue weighted by Crippen LogP contribution is -2.21. The van der Waals surface area contributed by atoms with E-state index in [0.717, 1.165) is 10.8 Å². The number of hydrogen-bond acceptors (Lipinski definition) is 3. The number of ether oxygens (including phenoxy) is 1. The highest BCUT2D eigenvalue weighted by Gasteiger charge is 2.36. The van der Waals surface area contributed by atoms with Gasteiger partial charge in [-0.05, 0) is 29.0 Å². The van der Waals surface area contributed by atoms with Gasteiger partial charge in [0.05, 0.1) is 15.5 Å². The topological polar surface area (TPSA) is 52.4 Å². The normalized spacial score (nSPS) is 16.1. The summed E-state index contributed by atoms with van der Waals surface area (Å²) >= 11 is 6.09. The van der Waals surface area contributed by atoms with E-state index in [1.54, 1.807) is 6.07 Å². The van der Waals surface area contributed by atoms with Crippen LogP contribution in [0.25, 0.3) is 16.8 Å². The molecule has 0 fully saturated rings. The van der Waals surface area contributed by atoms with Gasteiger partial charge in [0.25, 0.3) is 5.70 Å². The molecule has 0 unspecified atom stereocenters. The quantitative estimate of drug-likeness (QED) is 0.458. The number of nitrogens with zero attached hydrogens (tertiary/aromatic N) is 1. The summed E-state index contributed by atoms with van der Waals surface area (Å²) in [5.74, 6) is -0.192. The maximum Gasteiger partial charge on any atom is 0.291 e. The maximum atomic E-state index is 14.3. The fourth-order valence-electron chi connectivity index (χ4n) is 3.05. The minimum atomic E-state index is -1.21. The number of benzene rings is 3. The molecule has 1 atom stereocenters. The number of rotatable bonds is 2. The first-order valence-electron chi connectivity index (χ1n) is 7.54. The fraction of sp³-hybridized carbons (Fsp3) is 0.0526. The van der Waals surface area contributed by atoms with Gasteiger partial charge in [0.1, 0.15) is 11.6 Å². The average Bonchev–Trinajstić information content (AvgIpc) is 2.60. The third-order valence-electron chi connectivity index (χ3n) is 4.21. The number of halogens is 2. The van der Waals surface area contributed by atoms with Gasteiger partial charge < -0.3 is 4.74 Å². The van der Waals surface area contributed by atoms with Crippen molar-refractivity contribution in [3.8, 4) is 5.75 Å². The fourth-order valence-corrected chi connectivity index (χ4v) is 3.32. The van der Waals surface area contributed by atoms with Crippen molar-refractivity contribution in [3.05, 3.63) is 92.4 Å². The predicted molar refractivity (Wildman–Crippen MR) is 93.7 cm³/mol. The Labute approximate surface area is 147 Å². The number of fused-ring (bicyclic) bond motifs is 3. The van der Waals surface area contributed by atoms with Gasteiger partial charge >= 0.3 is 0 Å². The second kappa shape index (κ2) is 5.86. The molecule has 124 valence electrons. The van der Waals surface area contributed by atoms with E-state index in [0.29, 0.717) is 11.3 Å². The summed E-state index contributed by atoms with van der Waals surface area (Å²) < 4.78 is 20.1. The highest BCUT2D eigenvalue weighted by molar-refractivity contribution is 6.31. The summed E-state index contributed by atoms with van der Waals surface area (Å²) in [6, 6.07) is 15.2. The Bertz CT molecular complexity index is 1030. The van der Waals surface area contributed by atoms with Gasteiger partial charge in [-0.15, -0.1) is 0 Å². The van der Waals surface area contributed by atoms with Gasteiger partial charge in [-0.3, -0.25) is 10.1 Å². The largest absolute Gasteiger partial charge is 0.474 e. The summed E-state index contributed by atoms with van der Waals surface area (Å²) in [5, 5.41) is 13.5. The Hall–Kier alpha value is -2.92. The molecule has 0 aromatic heterocycles. The van der Waals surface area contributed by atoms with Crippen molar-refractivity contribution in [2.24, 2.45) is 0 Å². The first-order valence-corrected chi connectivity index (χ1v) is 7.92. The van der Waals surface area contributed by atoms with Crippen LogP contribution in [0.15, 0.2) is 60.3 Å². The molecule has 0 N–H and O–H groups in total. The molecule has 0 amide bonds. The highest BCUT2D eigenvalue weighted by atomic mass is 35.5. The van der Waals surface area contributed by atoms with Crippen molar-refractivity contribution in [1.82, 2.24) is 0 Å². The minimum absolute atomic E-state index is 0.0362. The zero-order chi connectivity index (χ0) is 17.6. The molecule has 3 aromatic carbocycles. The van der Waals surface area contributed by atoms with E-state index in [-0.39, 0.29) is 16.3 Å². The first-order chi connectivity index (χ1) is 12.1. The second-order valence-electron chi connectivity index (χ2n) is 5.66. The molecule has 25 heavy (non-hydrogen) atoms. The monoisotopic (exact) mass is 355 g/mol. The van der Waals surface area contributed by atoms with Crippen LogP contribution in [0.3, 0.4) is 0 Å². The predicted octanol–water partition coefficient (Wildman–Crippen LogP) is 5.38. The van der Waals surface area contributed by atoms with Crippen LogP contribution in [0.5, 0.6) is 5.75 Å². The third kappa shape index (κ3) is 2.53. The van der Waals surface area contributed by atoms with Crippen LogP contribution in [0.4, 0.5) is 4.39 Å². The number of hydrogen-bond donors (Lipinski definition) is 0. The SMILES string of the molecule is O=[N+]([O-])C1=Cc2c(ccc3ccccc23)O[C@H]1c1c(F)cccc1Cl. The lowest BCUT2D eigenvalue weighted by atomic mass is 9.96. The van der Waals surface area contributed by atoms with Crippen LogP contribution in [-0.4, -0.2) is 4.92 Å². The van der Waals surface area contributed by atoms with E-state index >= 15 is 0 Å². The number of nitro groups is 1. The van der Waals surface area contributed by atoms with Crippen molar-refractivity contribution < 1.29 is 14.1 Å². The molecule has 0 saturated carbocycles. The Morgan fingerprint density at radius 2 is 1.88 bits per heavy atom. The van der Waals surface area contributed by atoms with Crippen LogP contribution in [0, 0.1) is 15.9 Å². The maximum absolute atomic E-state index is 14.3. The molecule has 0 radical (unpaired) electrons. The van der Waals surface area contributed by atoms with E-state index in [1.165, 1.54) is 24.3 Å². The van der Waals surface area contributed by atoms with Crippen LogP contribution in [-0.2, 0) is 0 Å². The van der Waals surface area contributed by atoms with Crippen molar-refractivity contribution in [1.29, 1.82) is 0 Å². The van der Waals surface area contributed by atoms with Gasteiger partial charge in [-0.25, -0.2) is 4.39 Å². The van der Waals surface area contributed by atoms with E-state index < -0.39 is 16.8 Å². The van der Waals surface area contributed by atoms with Crippen LogP contribution < -0.4 is 4.74 Å². The van der Waals surface area contributed by atoms with Crippen molar-refractivity contribution >= 4 is 28.4 Å².